The molecule has 0 spiro atoms. The van der Waals surface area contributed by atoms with Crippen LogP contribution in [0.15, 0.2) is 18.2 Å². The molecule has 1 aromatic carbocycles. The average molecular weight is 251 g/mol. The zero-order chi connectivity index (χ0) is 9.60. The first-order chi connectivity index (χ1) is 6.84. The molecule has 14 heavy (non-hydrogen) atoms. The number of halogens is 1. The molecule has 0 saturated heterocycles. The Morgan fingerprint density at radius 1 is 1.14 bits per heavy atom. The second-order valence-electron chi connectivity index (χ2n) is 4.75. The van der Waals surface area contributed by atoms with E-state index in [9.17, 15) is 0 Å². The highest BCUT2D eigenvalue weighted by Crippen LogP contribution is 2.50. The Balaban J connectivity index is 2.00. The molecule has 0 unspecified atom stereocenters. The summed E-state index contributed by atoms with van der Waals surface area (Å²) < 4.78 is 0. The van der Waals surface area contributed by atoms with Crippen molar-refractivity contribution in [3.63, 3.8) is 0 Å². The van der Waals surface area contributed by atoms with Crippen molar-refractivity contribution in [2.45, 2.75) is 37.5 Å². The van der Waals surface area contributed by atoms with Gasteiger partial charge in [0.25, 0.3) is 0 Å². The predicted molar refractivity (Wildman–Crippen MR) is 63.2 cm³/mol. The van der Waals surface area contributed by atoms with E-state index in [0.29, 0.717) is 5.41 Å². The predicted octanol–water partition coefficient (Wildman–Crippen LogP) is 3.60. The van der Waals surface area contributed by atoms with E-state index in [0.717, 1.165) is 5.33 Å². The third-order valence-corrected chi connectivity index (χ3v) is 4.89. The van der Waals surface area contributed by atoms with Crippen LogP contribution >= 0.6 is 15.9 Å². The average Bonchev–Trinajstić information content (AvgIpc) is 2.89. The number of rotatable bonds is 2. The Hall–Kier alpha value is -0.300. The topological polar surface area (TPSA) is 0 Å². The molecule has 0 aromatic heterocycles. The largest absolute Gasteiger partial charge is 0.0918 e. The molecule has 0 heterocycles. The summed E-state index contributed by atoms with van der Waals surface area (Å²) in [5, 5.41) is 1.14. The second-order valence-corrected chi connectivity index (χ2v) is 5.31. The van der Waals surface area contributed by atoms with E-state index < -0.39 is 0 Å². The standard InChI is InChI=1S/C13H15Br/c14-9-13(6-7-13)12-5-4-10-2-1-3-11(10)8-12/h4-5,8H,1-3,6-7,9H2. The summed E-state index contributed by atoms with van der Waals surface area (Å²) in [5.74, 6) is 0. The first kappa shape index (κ1) is 8.96. The van der Waals surface area contributed by atoms with Gasteiger partial charge in [0.15, 0.2) is 0 Å². The van der Waals surface area contributed by atoms with Gasteiger partial charge in [0.05, 0.1) is 0 Å². The van der Waals surface area contributed by atoms with Crippen molar-refractivity contribution >= 4 is 15.9 Å². The molecule has 2 aliphatic rings. The Morgan fingerprint density at radius 2 is 1.93 bits per heavy atom. The van der Waals surface area contributed by atoms with Crippen molar-refractivity contribution in [1.29, 1.82) is 0 Å². The quantitative estimate of drug-likeness (QED) is 0.704. The Bertz CT molecular complexity index is 363. The molecular formula is C13H15Br. The monoisotopic (exact) mass is 250 g/mol. The summed E-state index contributed by atoms with van der Waals surface area (Å²) >= 11 is 3.65. The van der Waals surface area contributed by atoms with E-state index in [2.05, 4.69) is 34.1 Å². The number of hydrogen-bond donors (Lipinski definition) is 0. The lowest BCUT2D eigenvalue weighted by Crippen LogP contribution is -2.08. The van der Waals surface area contributed by atoms with Crippen LogP contribution < -0.4 is 0 Å². The minimum absolute atomic E-state index is 0.512. The first-order valence-electron chi connectivity index (χ1n) is 5.52. The maximum Gasteiger partial charge on any atom is 0.0129 e. The molecule has 0 radical (unpaired) electrons. The molecule has 74 valence electrons. The van der Waals surface area contributed by atoms with Gasteiger partial charge in [-0.1, -0.05) is 34.1 Å². The lowest BCUT2D eigenvalue weighted by molar-refractivity contribution is 0.806. The molecule has 2 aliphatic carbocycles. The number of hydrogen-bond acceptors (Lipinski definition) is 0. The van der Waals surface area contributed by atoms with Crippen LogP contribution in [0.2, 0.25) is 0 Å². The normalized spacial score (nSPS) is 22.1. The molecule has 0 amide bonds. The van der Waals surface area contributed by atoms with Gasteiger partial charge in [0.1, 0.15) is 0 Å². The molecule has 0 atom stereocenters. The Labute approximate surface area is 93.8 Å². The van der Waals surface area contributed by atoms with Crippen LogP contribution in [0.5, 0.6) is 0 Å². The van der Waals surface area contributed by atoms with E-state index in [1.807, 2.05) is 0 Å². The van der Waals surface area contributed by atoms with Crippen molar-refractivity contribution in [2.24, 2.45) is 0 Å². The zero-order valence-electron chi connectivity index (χ0n) is 8.35. The summed E-state index contributed by atoms with van der Waals surface area (Å²) in [4.78, 5) is 0. The van der Waals surface area contributed by atoms with Gasteiger partial charge in [-0.2, -0.15) is 0 Å². The maximum absolute atomic E-state index is 3.65. The molecule has 0 N–H and O–H groups in total. The molecule has 1 aromatic rings. The van der Waals surface area contributed by atoms with Crippen molar-refractivity contribution in [3.8, 4) is 0 Å². The zero-order valence-corrected chi connectivity index (χ0v) is 9.94. The number of benzene rings is 1. The van der Waals surface area contributed by atoms with Crippen LogP contribution in [0, 0.1) is 0 Å². The van der Waals surface area contributed by atoms with Crippen LogP contribution in [0.4, 0.5) is 0 Å². The molecule has 0 bridgehead atoms. The highest BCUT2D eigenvalue weighted by Gasteiger charge is 2.43. The summed E-state index contributed by atoms with van der Waals surface area (Å²) in [5.41, 5.74) is 5.31. The first-order valence-corrected chi connectivity index (χ1v) is 6.64. The summed E-state index contributed by atoms with van der Waals surface area (Å²) in [6.45, 7) is 0. The lowest BCUT2D eigenvalue weighted by Gasteiger charge is -2.13. The Morgan fingerprint density at radius 3 is 2.64 bits per heavy atom. The molecular weight excluding hydrogens is 236 g/mol. The van der Waals surface area contributed by atoms with Crippen LogP contribution in [0.3, 0.4) is 0 Å². The van der Waals surface area contributed by atoms with E-state index in [4.69, 9.17) is 0 Å². The summed E-state index contributed by atoms with van der Waals surface area (Å²) in [7, 11) is 0. The minimum atomic E-state index is 0.512. The fraction of sp³-hybridized carbons (Fsp3) is 0.538. The smallest absolute Gasteiger partial charge is 0.0129 e. The van der Waals surface area contributed by atoms with E-state index in [1.165, 1.54) is 32.1 Å². The van der Waals surface area contributed by atoms with Gasteiger partial charge < -0.3 is 0 Å². The van der Waals surface area contributed by atoms with Gasteiger partial charge in [0.2, 0.25) is 0 Å². The Kier molecular flexibility index (Phi) is 1.98. The fourth-order valence-corrected chi connectivity index (χ4v) is 3.44. The molecule has 0 nitrogen and oxygen atoms in total. The lowest BCUT2D eigenvalue weighted by atomic mass is 9.95. The van der Waals surface area contributed by atoms with E-state index in [1.54, 1.807) is 16.7 Å². The maximum atomic E-state index is 3.65. The molecule has 1 fully saturated rings. The van der Waals surface area contributed by atoms with Crippen molar-refractivity contribution in [2.75, 3.05) is 5.33 Å². The van der Waals surface area contributed by atoms with Crippen molar-refractivity contribution in [1.82, 2.24) is 0 Å². The molecule has 1 saturated carbocycles. The number of aryl methyl sites for hydroxylation is 2. The van der Waals surface area contributed by atoms with Gasteiger partial charge >= 0.3 is 0 Å². The van der Waals surface area contributed by atoms with Crippen LogP contribution in [-0.4, -0.2) is 5.33 Å². The van der Waals surface area contributed by atoms with E-state index in [-0.39, 0.29) is 0 Å². The molecule has 0 aliphatic heterocycles. The minimum Gasteiger partial charge on any atom is -0.0918 e. The third-order valence-electron chi connectivity index (χ3n) is 3.82. The van der Waals surface area contributed by atoms with Crippen LogP contribution in [0.25, 0.3) is 0 Å². The SMILES string of the molecule is BrCC1(c2ccc3c(c2)CCC3)CC1. The third kappa shape index (κ3) is 1.25. The molecule has 3 rings (SSSR count). The van der Waals surface area contributed by atoms with Crippen LogP contribution in [0.1, 0.15) is 36.0 Å². The highest BCUT2D eigenvalue weighted by atomic mass is 79.9. The highest BCUT2D eigenvalue weighted by molar-refractivity contribution is 9.09. The fourth-order valence-electron chi connectivity index (χ4n) is 2.55. The number of alkyl halides is 1. The van der Waals surface area contributed by atoms with Crippen LogP contribution in [-0.2, 0) is 18.3 Å². The van der Waals surface area contributed by atoms with Gasteiger partial charge in [-0.15, -0.1) is 0 Å². The number of fused-ring (bicyclic) bond motifs is 1. The van der Waals surface area contributed by atoms with Gasteiger partial charge in [-0.05, 0) is 48.8 Å². The van der Waals surface area contributed by atoms with E-state index >= 15 is 0 Å². The van der Waals surface area contributed by atoms with Crippen molar-refractivity contribution in [3.05, 3.63) is 34.9 Å². The van der Waals surface area contributed by atoms with Crippen molar-refractivity contribution < 1.29 is 0 Å². The van der Waals surface area contributed by atoms with Gasteiger partial charge in [0, 0.05) is 10.7 Å². The second kappa shape index (κ2) is 3.10. The molecule has 1 heteroatoms. The summed E-state index contributed by atoms with van der Waals surface area (Å²) in [6.07, 6.45) is 6.71. The van der Waals surface area contributed by atoms with Gasteiger partial charge in [-0.3, -0.25) is 0 Å². The van der Waals surface area contributed by atoms with Gasteiger partial charge in [-0.25, -0.2) is 0 Å². The summed E-state index contributed by atoms with van der Waals surface area (Å²) in [6, 6.07) is 7.19.